The number of ether oxygens (including phenoxy) is 3. The monoisotopic (exact) mass is 639 g/mol. The maximum absolute atomic E-state index is 13.6. The number of hydrogen-bond donors (Lipinski definition) is 2. The summed E-state index contributed by atoms with van der Waals surface area (Å²) in [5.41, 5.74) is 1.90. The molecule has 11 heteroatoms. The van der Waals surface area contributed by atoms with Crippen molar-refractivity contribution in [2.75, 3.05) is 19.9 Å². The molecule has 45 heavy (non-hydrogen) atoms. The van der Waals surface area contributed by atoms with Gasteiger partial charge in [-0.25, -0.2) is 9.36 Å². The smallest absolute Gasteiger partial charge is 0.407 e. The number of rotatable bonds is 12. The molecule has 1 aliphatic rings. The average Bonchev–Trinajstić information content (AvgIpc) is 3.29. The van der Waals surface area contributed by atoms with Crippen LogP contribution in [-0.2, 0) is 34.7 Å². The van der Waals surface area contributed by atoms with Crippen LogP contribution in [0.5, 0.6) is 5.75 Å². The van der Waals surface area contributed by atoms with E-state index in [0.717, 1.165) is 11.1 Å². The zero-order valence-corrected chi connectivity index (χ0v) is 27.1. The number of aliphatic hydroxyl groups is 1. The van der Waals surface area contributed by atoms with Gasteiger partial charge in [-0.2, -0.15) is 0 Å². The van der Waals surface area contributed by atoms with Gasteiger partial charge in [0.25, 0.3) is 0 Å². The van der Waals surface area contributed by atoms with E-state index in [1.54, 1.807) is 52.0 Å². The molecule has 1 fully saturated rings. The second kappa shape index (κ2) is 15.1. The highest BCUT2D eigenvalue weighted by atomic mass is 31.2. The summed E-state index contributed by atoms with van der Waals surface area (Å²) in [6, 6.07) is 25.1. The molecule has 5 atom stereocenters. The predicted octanol–water partition coefficient (Wildman–Crippen LogP) is 6.07. The average molecular weight is 640 g/mol. The molecule has 4 rings (SSSR count). The Morgan fingerprint density at radius 1 is 0.933 bits per heavy atom. The van der Waals surface area contributed by atoms with Crippen molar-refractivity contribution in [1.29, 1.82) is 0 Å². The van der Waals surface area contributed by atoms with E-state index in [9.17, 15) is 19.3 Å². The minimum atomic E-state index is -3.80. The van der Waals surface area contributed by atoms with Crippen LogP contribution in [0, 0.1) is 5.41 Å². The summed E-state index contributed by atoms with van der Waals surface area (Å²) in [5, 5.41) is 12.1. The van der Waals surface area contributed by atoms with Gasteiger partial charge < -0.3 is 29.2 Å². The second-order valence-electron chi connectivity index (χ2n) is 12.1. The molecule has 0 aromatic heterocycles. The normalized spacial score (nSPS) is 21.1. The van der Waals surface area contributed by atoms with E-state index in [4.69, 9.17) is 23.3 Å². The number of amides is 1. The standard InChI is InChI=1S/C34H42NO9P/c1-23-30(35-33(38)41-21-28(25-12-8-6-9-13-25)26-14-10-7-11-15-26)31(29(42-23)22-40-32(37)34(2,3)4)44-45(5,39)43-27-18-16-24(20-36)17-19-27/h6-19,23,28-31,36H,20-22H2,1-5H3,(H,35,38)/t23-,29+,30?,31?,45?/m0/s1. The largest absolute Gasteiger partial charge is 0.462 e. The second-order valence-corrected chi connectivity index (χ2v) is 14.0. The predicted molar refractivity (Wildman–Crippen MR) is 169 cm³/mol. The Morgan fingerprint density at radius 3 is 2.04 bits per heavy atom. The summed E-state index contributed by atoms with van der Waals surface area (Å²) >= 11 is 0. The van der Waals surface area contributed by atoms with Gasteiger partial charge in [-0.3, -0.25) is 9.32 Å². The molecule has 0 spiro atoms. The highest BCUT2D eigenvalue weighted by Gasteiger charge is 2.48. The van der Waals surface area contributed by atoms with Crippen LogP contribution in [0.15, 0.2) is 84.9 Å². The first-order valence-corrected chi connectivity index (χ1v) is 16.9. The first kappa shape index (κ1) is 34.2. The lowest BCUT2D eigenvalue weighted by Crippen LogP contribution is -2.49. The van der Waals surface area contributed by atoms with Gasteiger partial charge in [-0.05, 0) is 56.5 Å². The third-order valence-corrected chi connectivity index (χ3v) is 8.54. The van der Waals surface area contributed by atoms with Crippen LogP contribution in [0.4, 0.5) is 4.79 Å². The van der Waals surface area contributed by atoms with Gasteiger partial charge in [-0.1, -0.05) is 72.8 Å². The van der Waals surface area contributed by atoms with Gasteiger partial charge in [0, 0.05) is 12.6 Å². The number of hydrogen-bond acceptors (Lipinski definition) is 9. The minimum absolute atomic E-state index is 0.0686. The van der Waals surface area contributed by atoms with Crippen molar-refractivity contribution in [1.82, 2.24) is 5.32 Å². The molecular weight excluding hydrogens is 597 g/mol. The Morgan fingerprint density at radius 2 is 1.51 bits per heavy atom. The molecule has 2 N–H and O–H groups in total. The molecule has 1 saturated heterocycles. The fourth-order valence-corrected chi connectivity index (χ4v) is 6.22. The van der Waals surface area contributed by atoms with Crippen LogP contribution < -0.4 is 9.84 Å². The zero-order chi connectivity index (χ0) is 32.6. The van der Waals surface area contributed by atoms with Gasteiger partial charge in [0.15, 0.2) is 0 Å². The quantitative estimate of drug-likeness (QED) is 0.179. The Bertz CT molecular complexity index is 1400. The topological polar surface area (TPSA) is 130 Å². The Kier molecular flexibility index (Phi) is 11.4. The summed E-state index contributed by atoms with van der Waals surface area (Å²) in [7, 11) is -3.80. The molecule has 10 nitrogen and oxygen atoms in total. The van der Waals surface area contributed by atoms with Crippen LogP contribution in [0.2, 0.25) is 0 Å². The van der Waals surface area contributed by atoms with Crippen molar-refractivity contribution in [3.8, 4) is 5.75 Å². The number of benzene rings is 3. The zero-order valence-electron chi connectivity index (χ0n) is 26.3. The van der Waals surface area contributed by atoms with Crippen molar-refractivity contribution in [3.63, 3.8) is 0 Å². The Labute approximate surface area is 264 Å². The lowest BCUT2D eigenvalue weighted by atomic mass is 9.92. The molecule has 0 bridgehead atoms. The van der Waals surface area contributed by atoms with E-state index < -0.39 is 49.4 Å². The maximum Gasteiger partial charge on any atom is 0.407 e. The molecular formula is C34H42NO9P. The van der Waals surface area contributed by atoms with Crippen LogP contribution in [0.25, 0.3) is 0 Å². The molecule has 1 heterocycles. The van der Waals surface area contributed by atoms with Crippen molar-refractivity contribution in [3.05, 3.63) is 102 Å². The number of alkyl carbamates (subject to hydrolysis) is 1. The fourth-order valence-electron chi connectivity index (χ4n) is 4.96. The molecule has 3 aromatic carbocycles. The van der Waals surface area contributed by atoms with Crippen molar-refractivity contribution in [2.24, 2.45) is 5.41 Å². The molecule has 0 aliphatic carbocycles. The summed E-state index contributed by atoms with van der Waals surface area (Å²) < 4.78 is 42.6. The van der Waals surface area contributed by atoms with Crippen molar-refractivity contribution >= 4 is 19.7 Å². The van der Waals surface area contributed by atoms with Crippen LogP contribution in [0.1, 0.15) is 50.3 Å². The molecule has 1 aliphatic heterocycles. The van der Waals surface area contributed by atoms with Crippen LogP contribution >= 0.6 is 7.60 Å². The van der Waals surface area contributed by atoms with Gasteiger partial charge in [-0.15, -0.1) is 0 Å². The molecule has 242 valence electrons. The molecule has 3 unspecified atom stereocenters. The Hall–Kier alpha value is -3.69. The fraction of sp³-hybridized carbons (Fsp3) is 0.412. The number of nitrogens with one attached hydrogen (secondary N) is 1. The van der Waals surface area contributed by atoms with Crippen molar-refractivity contribution in [2.45, 2.75) is 64.6 Å². The summed E-state index contributed by atoms with van der Waals surface area (Å²) in [5.74, 6) is -0.368. The SMILES string of the molecule is C[C@@H]1O[C@H](COC(=O)C(C)(C)C)C(OP(C)(=O)Oc2ccc(CO)cc2)C1NC(=O)OCC(c1ccccc1)c1ccccc1. The molecule has 1 amide bonds. The van der Waals surface area contributed by atoms with Gasteiger partial charge >= 0.3 is 19.7 Å². The van der Waals surface area contributed by atoms with E-state index in [-0.39, 0.29) is 31.5 Å². The first-order valence-electron chi connectivity index (χ1n) is 14.9. The lowest BCUT2D eigenvalue weighted by Gasteiger charge is -2.28. The summed E-state index contributed by atoms with van der Waals surface area (Å²) in [4.78, 5) is 25.8. The van der Waals surface area contributed by atoms with Crippen molar-refractivity contribution < 1.29 is 42.5 Å². The summed E-state index contributed by atoms with van der Waals surface area (Å²) in [6.45, 7) is 7.98. The molecule has 0 saturated carbocycles. The van der Waals surface area contributed by atoms with Crippen LogP contribution in [-0.4, -0.2) is 61.4 Å². The van der Waals surface area contributed by atoms with Gasteiger partial charge in [0.2, 0.25) is 0 Å². The number of carbonyl (C=O) groups is 2. The minimum Gasteiger partial charge on any atom is -0.462 e. The third-order valence-electron chi connectivity index (χ3n) is 7.37. The van der Waals surface area contributed by atoms with E-state index in [2.05, 4.69) is 5.32 Å². The van der Waals surface area contributed by atoms with Crippen LogP contribution in [0.3, 0.4) is 0 Å². The van der Waals surface area contributed by atoms with E-state index >= 15 is 0 Å². The first-order chi connectivity index (χ1) is 21.4. The molecule has 0 radical (unpaired) electrons. The van der Waals surface area contributed by atoms with Gasteiger partial charge in [0.05, 0.1) is 24.2 Å². The molecule has 3 aromatic rings. The number of aliphatic hydroxyl groups excluding tert-OH is 1. The van der Waals surface area contributed by atoms with E-state index in [1.165, 1.54) is 6.66 Å². The van der Waals surface area contributed by atoms with Gasteiger partial charge in [0.1, 0.15) is 31.2 Å². The van der Waals surface area contributed by atoms with E-state index in [0.29, 0.717) is 5.56 Å². The number of carbonyl (C=O) groups excluding carboxylic acids is 2. The maximum atomic E-state index is 13.6. The van der Waals surface area contributed by atoms with E-state index in [1.807, 2.05) is 60.7 Å². The lowest BCUT2D eigenvalue weighted by molar-refractivity contribution is -0.158. The Balaban J connectivity index is 1.49. The summed E-state index contributed by atoms with van der Waals surface area (Å²) in [6.07, 6.45) is -3.18. The highest BCUT2D eigenvalue weighted by Crippen LogP contribution is 2.48. The highest BCUT2D eigenvalue weighted by molar-refractivity contribution is 7.53. The number of esters is 1. The third kappa shape index (κ3) is 9.65.